The van der Waals surface area contributed by atoms with Crippen molar-refractivity contribution in [3.63, 3.8) is 0 Å². The van der Waals surface area contributed by atoms with Crippen molar-refractivity contribution in [3.8, 4) is 11.1 Å². The second kappa shape index (κ2) is 10.7. The van der Waals surface area contributed by atoms with Crippen LogP contribution in [-0.2, 0) is 14.3 Å². The summed E-state index contributed by atoms with van der Waals surface area (Å²) in [5.41, 5.74) is 3.00. The summed E-state index contributed by atoms with van der Waals surface area (Å²) in [6, 6.07) is 25.4. The van der Waals surface area contributed by atoms with Crippen molar-refractivity contribution in [2.24, 2.45) is 0 Å². The molecule has 0 saturated carbocycles. The second-order valence-electron chi connectivity index (χ2n) is 7.07. The molecule has 1 atom stereocenters. The normalized spacial score (nSPS) is 11.3. The summed E-state index contributed by atoms with van der Waals surface area (Å²) in [6.45, 7) is 1.31. The quantitative estimate of drug-likeness (QED) is 0.543. The SMILES string of the molecule is CC(CC(=O)OCC(=O)Nc1ccccc1-c1ccccc1)NC(=O)c1ccccc1. The number of amides is 2. The zero-order valence-electron chi connectivity index (χ0n) is 17.2. The fraction of sp³-hybridized carbons (Fsp3) is 0.160. The van der Waals surface area contributed by atoms with Gasteiger partial charge < -0.3 is 15.4 Å². The van der Waals surface area contributed by atoms with E-state index >= 15 is 0 Å². The van der Waals surface area contributed by atoms with Gasteiger partial charge in [-0.25, -0.2) is 0 Å². The molecule has 0 heterocycles. The van der Waals surface area contributed by atoms with Gasteiger partial charge in [0, 0.05) is 22.9 Å². The molecule has 0 bridgehead atoms. The molecule has 158 valence electrons. The van der Waals surface area contributed by atoms with Crippen molar-refractivity contribution < 1.29 is 19.1 Å². The minimum Gasteiger partial charge on any atom is -0.455 e. The van der Waals surface area contributed by atoms with E-state index in [1.54, 1.807) is 37.3 Å². The van der Waals surface area contributed by atoms with Crippen molar-refractivity contribution in [3.05, 3.63) is 90.5 Å². The fourth-order valence-corrected chi connectivity index (χ4v) is 3.05. The van der Waals surface area contributed by atoms with Gasteiger partial charge in [0.2, 0.25) is 0 Å². The van der Waals surface area contributed by atoms with Gasteiger partial charge in [-0.05, 0) is 30.7 Å². The summed E-state index contributed by atoms with van der Waals surface area (Å²) in [5.74, 6) is -1.26. The van der Waals surface area contributed by atoms with E-state index in [1.165, 1.54) is 0 Å². The number of ether oxygens (including phenoxy) is 1. The average Bonchev–Trinajstić information content (AvgIpc) is 2.79. The second-order valence-corrected chi connectivity index (χ2v) is 7.07. The van der Waals surface area contributed by atoms with E-state index in [0.717, 1.165) is 11.1 Å². The lowest BCUT2D eigenvalue weighted by atomic mass is 10.0. The number of hydrogen-bond donors (Lipinski definition) is 2. The molecular weight excluding hydrogens is 392 g/mol. The molecule has 0 saturated heterocycles. The predicted octanol–water partition coefficient (Wildman–Crippen LogP) is 4.04. The van der Waals surface area contributed by atoms with Crippen molar-refractivity contribution in [1.82, 2.24) is 5.32 Å². The number of para-hydroxylation sites is 1. The van der Waals surface area contributed by atoms with E-state index in [1.807, 2.05) is 54.6 Å². The van der Waals surface area contributed by atoms with Gasteiger partial charge in [0.1, 0.15) is 0 Å². The topological polar surface area (TPSA) is 84.5 Å². The lowest BCUT2D eigenvalue weighted by Gasteiger charge is -2.14. The Morgan fingerprint density at radius 2 is 1.45 bits per heavy atom. The molecule has 31 heavy (non-hydrogen) atoms. The lowest BCUT2D eigenvalue weighted by molar-refractivity contribution is -0.147. The predicted molar refractivity (Wildman–Crippen MR) is 119 cm³/mol. The van der Waals surface area contributed by atoms with Crippen LogP contribution >= 0.6 is 0 Å². The Morgan fingerprint density at radius 1 is 0.839 bits per heavy atom. The zero-order chi connectivity index (χ0) is 22.1. The van der Waals surface area contributed by atoms with E-state index in [2.05, 4.69) is 10.6 Å². The monoisotopic (exact) mass is 416 g/mol. The van der Waals surface area contributed by atoms with Crippen LogP contribution in [0.2, 0.25) is 0 Å². The maximum Gasteiger partial charge on any atom is 0.308 e. The number of rotatable bonds is 8. The van der Waals surface area contributed by atoms with Crippen molar-refractivity contribution in [2.45, 2.75) is 19.4 Å². The van der Waals surface area contributed by atoms with E-state index in [0.29, 0.717) is 11.3 Å². The molecule has 2 N–H and O–H groups in total. The number of esters is 1. The molecule has 0 spiro atoms. The standard InChI is InChI=1S/C25H24N2O4/c1-18(26-25(30)20-12-6-3-7-13-20)16-24(29)31-17-23(28)27-22-15-9-8-14-21(22)19-10-4-2-5-11-19/h2-15,18H,16-17H2,1H3,(H,26,30)(H,27,28). The molecule has 3 aromatic rings. The van der Waals surface area contributed by atoms with Crippen LogP contribution in [-0.4, -0.2) is 30.4 Å². The van der Waals surface area contributed by atoms with Crippen molar-refractivity contribution in [2.75, 3.05) is 11.9 Å². The van der Waals surface area contributed by atoms with Crippen LogP contribution in [0.15, 0.2) is 84.9 Å². The number of anilines is 1. The average molecular weight is 416 g/mol. The Balaban J connectivity index is 1.48. The zero-order valence-corrected chi connectivity index (χ0v) is 17.2. The van der Waals surface area contributed by atoms with Crippen LogP contribution in [0.3, 0.4) is 0 Å². The highest BCUT2D eigenvalue weighted by atomic mass is 16.5. The van der Waals surface area contributed by atoms with Gasteiger partial charge in [0.05, 0.1) is 6.42 Å². The smallest absolute Gasteiger partial charge is 0.308 e. The molecule has 6 nitrogen and oxygen atoms in total. The van der Waals surface area contributed by atoms with Crippen LogP contribution in [0, 0.1) is 0 Å². The molecule has 0 aliphatic carbocycles. The number of carbonyl (C=O) groups excluding carboxylic acids is 3. The first-order chi connectivity index (χ1) is 15.0. The van der Waals surface area contributed by atoms with Gasteiger partial charge in [-0.3, -0.25) is 14.4 Å². The maximum absolute atomic E-state index is 12.3. The fourth-order valence-electron chi connectivity index (χ4n) is 3.05. The third-order valence-electron chi connectivity index (χ3n) is 4.54. The summed E-state index contributed by atoms with van der Waals surface area (Å²) >= 11 is 0. The summed E-state index contributed by atoms with van der Waals surface area (Å²) in [4.78, 5) is 36.5. The summed E-state index contributed by atoms with van der Waals surface area (Å²) in [6.07, 6.45) is -0.0353. The van der Waals surface area contributed by atoms with E-state index in [4.69, 9.17) is 4.74 Å². The molecular formula is C25H24N2O4. The highest BCUT2D eigenvalue weighted by Crippen LogP contribution is 2.27. The van der Waals surface area contributed by atoms with E-state index in [-0.39, 0.29) is 12.3 Å². The molecule has 2 amide bonds. The Bertz CT molecular complexity index is 1040. The molecule has 0 fully saturated rings. The van der Waals surface area contributed by atoms with Crippen LogP contribution in [0.4, 0.5) is 5.69 Å². The van der Waals surface area contributed by atoms with E-state index in [9.17, 15) is 14.4 Å². The third-order valence-corrected chi connectivity index (χ3v) is 4.54. The van der Waals surface area contributed by atoms with Crippen LogP contribution in [0.1, 0.15) is 23.7 Å². The highest BCUT2D eigenvalue weighted by Gasteiger charge is 2.16. The lowest BCUT2D eigenvalue weighted by Crippen LogP contribution is -2.35. The van der Waals surface area contributed by atoms with Crippen LogP contribution < -0.4 is 10.6 Å². The Labute approximate surface area is 181 Å². The van der Waals surface area contributed by atoms with Crippen molar-refractivity contribution in [1.29, 1.82) is 0 Å². The number of hydrogen-bond acceptors (Lipinski definition) is 4. The maximum atomic E-state index is 12.3. The molecule has 1 unspecified atom stereocenters. The van der Waals surface area contributed by atoms with Gasteiger partial charge in [-0.2, -0.15) is 0 Å². The first kappa shape index (κ1) is 21.8. The molecule has 0 aliphatic rings. The molecule has 0 aromatic heterocycles. The van der Waals surface area contributed by atoms with Gasteiger partial charge in [-0.15, -0.1) is 0 Å². The molecule has 3 aromatic carbocycles. The van der Waals surface area contributed by atoms with Crippen LogP contribution in [0.5, 0.6) is 0 Å². The Hall–Kier alpha value is -3.93. The van der Waals surface area contributed by atoms with Gasteiger partial charge in [0.25, 0.3) is 11.8 Å². The Morgan fingerprint density at radius 3 is 2.16 bits per heavy atom. The minimum atomic E-state index is -0.563. The molecule has 0 radical (unpaired) electrons. The molecule has 0 aliphatic heterocycles. The van der Waals surface area contributed by atoms with E-state index < -0.39 is 24.5 Å². The largest absolute Gasteiger partial charge is 0.455 e. The minimum absolute atomic E-state index is 0.0353. The number of benzene rings is 3. The highest BCUT2D eigenvalue weighted by molar-refractivity contribution is 5.97. The van der Waals surface area contributed by atoms with Gasteiger partial charge >= 0.3 is 5.97 Å². The first-order valence-electron chi connectivity index (χ1n) is 9.99. The van der Waals surface area contributed by atoms with Crippen LogP contribution in [0.25, 0.3) is 11.1 Å². The van der Waals surface area contributed by atoms with Gasteiger partial charge in [0.15, 0.2) is 6.61 Å². The summed E-state index contributed by atoms with van der Waals surface area (Å²) < 4.78 is 5.08. The summed E-state index contributed by atoms with van der Waals surface area (Å²) in [7, 11) is 0. The Kier molecular flexibility index (Phi) is 7.54. The third kappa shape index (κ3) is 6.54. The first-order valence-corrected chi connectivity index (χ1v) is 9.99. The van der Waals surface area contributed by atoms with Gasteiger partial charge in [-0.1, -0.05) is 66.7 Å². The number of carbonyl (C=O) groups is 3. The molecule has 3 rings (SSSR count). The summed E-state index contributed by atoms with van der Waals surface area (Å²) in [5, 5.41) is 5.53. The molecule has 6 heteroatoms. The number of nitrogens with one attached hydrogen (secondary N) is 2. The van der Waals surface area contributed by atoms with Crippen molar-refractivity contribution >= 4 is 23.5 Å².